The van der Waals surface area contributed by atoms with Crippen LogP contribution in [0, 0.1) is 5.82 Å². The highest BCUT2D eigenvalue weighted by Crippen LogP contribution is 2.25. The quantitative estimate of drug-likeness (QED) is 0.653. The van der Waals surface area contributed by atoms with Crippen molar-refractivity contribution >= 4 is 17.7 Å². The smallest absolute Gasteiger partial charge is 0.237 e. The van der Waals surface area contributed by atoms with E-state index in [9.17, 15) is 9.18 Å². The van der Waals surface area contributed by atoms with Gasteiger partial charge in [0.15, 0.2) is 0 Å². The van der Waals surface area contributed by atoms with Crippen LogP contribution >= 0.6 is 11.8 Å². The van der Waals surface area contributed by atoms with Crippen LogP contribution < -0.4 is 4.74 Å². The number of benzene rings is 2. The summed E-state index contributed by atoms with van der Waals surface area (Å²) in [5, 5.41) is 0. The Balaban J connectivity index is 1.48. The Bertz CT molecular complexity index is 873. The normalized spacial score (nSPS) is 22.5. The van der Waals surface area contributed by atoms with Gasteiger partial charge in [-0.15, -0.1) is 0 Å². The maximum absolute atomic E-state index is 14.1. The lowest BCUT2D eigenvalue weighted by Gasteiger charge is -2.28. The molecule has 5 nitrogen and oxygen atoms in total. The lowest BCUT2D eigenvalue weighted by molar-refractivity contribution is -0.132. The zero-order valence-corrected chi connectivity index (χ0v) is 18.7. The van der Waals surface area contributed by atoms with Gasteiger partial charge in [-0.2, -0.15) is 11.8 Å². The number of rotatable bonds is 7. The summed E-state index contributed by atoms with van der Waals surface area (Å²) in [6, 6.07) is 14.9. The number of methoxy groups -OCH3 is 1. The van der Waals surface area contributed by atoms with E-state index in [0.717, 1.165) is 29.2 Å². The predicted molar refractivity (Wildman–Crippen MR) is 121 cm³/mol. The molecule has 2 aliphatic heterocycles. The zero-order valence-electron chi connectivity index (χ0n) is 17.8. The first-order valence-corrected chi connectivity index (χ1v) is 11.9. The van der Waals surface area contributed by atoms with Gasteiger partial charge in [0.1, 0.15) is 11.6 Å². The highest BCUT2D eigenvalue weighted by Gasteiger charge is 2.33. The summed E-state index contributed by atoms with van der Waals surface area (Å²) in [4.78, 5) is 17.3. The van der Waals surface area contributed by atoms with Crippen LogP contribution in [0.1, 0.15) is 17.5 Å². The maximum atomic E-state index is 14.1. The minimum absolute atomic E-state index is 0.115. The lowest BCUT2D eigenvalue weighted by atomic mass is 10.2. The van der Waals surface area contributed by atoms with Crippen molar-refractivity contribution in [3.8, 4) is 5.75 Å². The van der Waals surface area contributed by atoms with Gasteiger partial charge >= 0.3 is 0 Å². The Morgan fingerprint density at radius 1 is 1.13 bits per heavy atom. The number of amides is 1. The number of halogens is 1. The number of carbonyl (C=O) groups excluding carboxylic acids is 1. The van der Waals surface area contributed by atoms with E-state index in [1.54, 1.807) is 19.2 Å². The number of ether oxygens (including phenoxy) is 2. The summed E-state index contributed by atoms with van der Waals surface area (Å²) in [6.07, 6.45) is 0.922. The van der Waals surface area contributed by atoms with Gasteiger partial charge in [-0.3, -0.25) is 9.69 Å². The van der Waals surface area contributed by atoms with E-state index in [1.807, 2.05) is 47.0 Å². The van der Waals surface area contributed by atoms with Gasteiger partial charge in [0.05, 0.1) is 26.4 Å². The van der Waals surface area contributed by atoms with Crippen LogP contribution in [0.25, 0.3) is 0 Å². The van der Waals surface area contributed by atoms with E-state index in [2.05, 4.69) is 4.90 Å². The summed E-state index contributed by atoms with van der Waals surface area (Å²) >= 11 is 1.94. The molecule has 2 heterocycles. The fourth-order valence-electron chi connectivity index (χ4n) is 4.13. The van der Waals surface area contributed by atoms with Crippen molar-refractivity contribution in [3.05, 3.63) is 65.5 Å². The molecule has 2 aromatic carbocycles. The fraction of sp³-hybridized carbons (Fsp3) is 0.458. The monoisotopic (exact) mass is 444 g/mol. The standard InChI is InChI=1S/C24H29FN2O3S/c1-29-21-8-6-18(7-9-21)12-27-14-22(30-16-19-4-2-3-5-23(19)25)13-26(15-24(27)28)20-10-11-31-17-20/h2-9,20,22H,10-17H2,1H3/t20-,22+/m0/s1. The highest BCUT2D eigenvalue weighted by atomic mass is 32.2. The molecule has 4 rings (SSSR count). The summed E-state index contributed by atoms with van der Waals surface area (Å²) in [5.74, 6) is 2.83. The molecule has 2 aliphatic rings. The SMILES string of the molecule is COc1ccc(CN2C[C@H](OCc3ccccc3F)CN([C@H]3CCSC3)CC2=O)cc1. The Labute approximate surface area is 187 Å². The number of hydrogen-bond donors (Lipinski definition) is 0. The molecule has 0 bridgehead atoms. The topological polar surface area (TPSA) is 42.0 Å². The van der Waals surface area contributed by atoms with Gasteiger partial charge in [0.25, 0.3) is 0 Å². The average Bonchev–Trinajstić information content (AvgIpc) is 3.27. The molecule has 2 fully saturated rings. The molecule has 0 unspecified atom stereocenters. The number of hydrogen-bond acceptors (Lipinski definition) is 5. The molecule has 2 atom stereocenters. The third-order valence-corrected chi connectivity index (χ3v) is 7.08. The molecule has 0 radical (unpaired) electrons. The molecule has 0 N–H and O–H groups in total. The third-order valence-electron chi connectivity index (χ3n) is 5.94. The molecule has 2 saturated heterocycles. The summed E-state index contributed by atoms with van der Waals surface area (Å²) in [7, 11) is 1.64. The van der Waals surface area contributed by atoms with Gasteiger partial charge in [-0.1, -0.05) is 30.3 Å². The van der Waals surface area contributed by atoms with Gasteiger partial charge in [-0.05, 0) is 35.9 Å². The molecule has 0 aliphatic carbocycles. The third kappa shape index (κ3) is 5.79. The van der Waals surface area contributed by atoms with Crippen LogP contribution in [0.3, 0.4) is 0 Å². The van der Waals surface area contributed by atoms with E-state index in [0.29, 0.717) is 37.8 Å². The lowest BCUT2D eigenvalue weighted by Crippen LogP contribution is -2.42. The minimum atomic E-state index is -0.258. The van der Waals surface area contributed by atoms with Crippen molar-refractivity contribution in [2.75, 3.05) is 38.2 Å². The van der Waals surface area contributed by atoms with Crippen molar-refractivity contribution in [2.24, 2.45) is 0 Å². The van der Waals surface area contributed by atoms with Crippen LogP contribution in [-0.2, 0) is 22.7 Å². The second-order valence-corrected chi connectivity index (χ2v) is 9.24. The Morgan fingerprint density at radius 3 is 2.65 bits per heavy atom. The fourth-order valence-corrected chi connectivity index (χ4v) is 5.38. The Morgan fingerprint density at radius 2 is 1.94 bits per heavy atom. The zero-order chi connectivity index (χ0) is 21.6. The van der Waals surface area contributed by atoms with E-state index in [4.69, 9.17) is 9.47 Å². The van der Waals surface area contributed by atoms with E-state index < -0.39 is 0 Å². The number of thioether (sulfide) groups is 1. The molecule has 0 spiro atoms. The van der Waals surface area contributed by atoms with Gasteiger partial charge in [-0.25, -0.2) is 4.39 Å². The first kappa shape index (κ1) is 22.1. The molecule has 0 aromatic heterocycles. The second-order valence-electron chi connectivity index (χ2n) is 8.09. The van der Waals surface area contributed by atoms with Gasteiger partial charge in [0.2, 0.25) is 5.91 Å². The minimum Gasteiger partial charge on any atom is -0.497 e. The van der Waals surface area contributed by atoms with E-state index in [-0.39, 0.29) is 24.4 Å². The highest BCUT2D eigenvalue weighted by molar-refractivity contribution is 7.99. The van der Waals surface area contributed by atoms with E-state index >= 15 is 0 Å². The Hall–Kier alpha value is -2.09. The van der Waals surface area contributed by atoms with Crippen LogP contribution in [-0.4, -0.2) is 66.1 Å². The van der Waals surface area contributed by atoms with Crippen molar-refractivity contribution in [2.45, 2.75) is 31.7 Å². The Kier molecular flexibility index (Phi) is 7.48. The van der Waals surface area contributed by atoms with Crippen LogP contribution in [0.2, 0.25) is 0 Å². The molecule has 1 amide bonds. The predicted octanol–water partition coefficient (Wildman–Crippen LogP) is 3.57. The first-order valence-electron chi connectivity index (χ1n) is 10.7. The number of carbonyl (C=O) groups is 1. The van der Waals surface area contributed by atoms with Crippen molar-refractivity contribution < 1.29 is 18.7 Å². The molecule has 31 heavy (non-hydrogen) atoms. The van der Waals surface area contributed by atoms with Crippen molar-refractivity contribution in [1.82, 2.24) is 9.80 Å². The molecule has 7 heteroatoms. The molecule has 2 aromatic rings. The van der Waals surface area contributed by atoms with Gasteiger partial charge in [0, 0.05) is 37.0 Å². The van der Waals surface area contributed by atoms with Crippen LogP contribution in [0.5, 0.6) is 5.75 Å². The second kappa shape index (κ2) is 10.5. The van der Waals surface area contributed by atoms with Crippen LogP contribution in [0.4, 0.5) is 4.39 Å². The van der Waals surface area contributed by atoms with E-state index in [1.165, 1.54) is 6.07 Å². The molecule has 166 valence electrons. The average molecular weight is 445 g/mol. The molecule has 0 saturated carbocycles. The first-order chi connectivity index (χ1) is 15.1. The molecular weight excluding hydrogens is 415 g/mol. The van der Waals surface area contributed by atoms with Gasteiger partial charge < -0.3 is 14.4 Å². The summed E-state index contributed by atoms with van der Waals surface area (Å²) in [6.45, 7) is 2.31. The summed E-state index contributed by atoms with van der Waals surface area (Å²) in [5.41, 5.74) is 1.59. The largest absolute Gasteiger partial charge is 0.497 e. The van der Waals surface area contributed by atoms with Crippen molar-refractivity contribution in [1.29, 1.82) is 0 Å². The number of nitrogens with zero attached hydrogens (tertiary/aromatic N) is 2. The van der Waals surface area contributed by atoms with Crippen LogP contribution in [0.15, 0.2) is 48.5 Å². The summed E-state index contributed by atoms with van der Waals surface area (Å²) < 4.78 is 25.5. The maximum Gasteiger partial charge on any atom is 0.237 e. The van der Waals surface area contributed by atoms with Crippen molar-refractivity contribution in [3.63, 3.8) is 0 Å². The molecular formula is C24H29FN2O3S.